The highest BCUT2D eigenvalue weighted by Crippen LogP contribution is 2.09. The smallest absolute Gasteiger partial charge is 0.410 e. The van der Waals surface area contributed by atoms with Crippen LogP contribution in [0.1, 0.15) is 25.0 Å². The van der Waals surface area contributed by atoms with Crippen molar-refractivity contribution < 1.29 is 14.7 Å². The molecule has 1 aromatic carbocycles. The van der Waals surface area contributed by atoms with E-state index in [1.165, 1.54) is 4.90 Å². The molecule has 0 saturated carbocycles. The number of ether oxygens (including phenoxy) is 1. The third-order valence-corrected chi connectivity index (χ3v) is 2.40. The number of amidine groups is 1. The van der Waals surface area contributed by atoms with Crippen LogP contribution < -0.4 is 5.73 Å². The Bertz CT molecular complexity index is 472. The minimum atomic E-state index is -0.385. The van der Waals surface area contributed by atoms with Gasteiger partial charge in [0.05, 0.1) is 6.10 Å². The Morgan fingerprint density at radius 1 is 1.53 bits per heavy atom. The van der Waals surface area contributed by atoms with E-state index in [-0.39, 0.29) is 18.0 Å². The number of carbonyl (C=O) groups is 1. The monoisotopic (exact) mass is 265 g/mol. The molecule has 0 aliphatic rings. The Kier molecular flexibility index (Phi) is 5.17. The van der Waals surface area contributed by atoms with Crippen molar-refractivity contribution in [2.24, 2.45) is 10.9 Å². The normalized spacial score (nSPS) is 11.5. The number of nitrogens with two attached hydrogens (primary N) is 1. The molecule has 0 aliphatic heterocycles. The van der Waals surface area contributed by atoms with E-state index in [2.05, 4.69) is 5.16 Å². The van der Waals surface area contributed by atoms with Gasteiger partial charge in [0.15, 0.2) is 5.84 Å². The highest BCUT2D eigenvalue weighted by Gasteiger charge is 2.12. The van der Waals surface area contributed by atoms with E-state index in [1.54, 1.807) is 39.1 Å². The summed E-state index contributed by atoms with van der Waals surface area (Å²) in [5, 5.41) is 11.6. The van der Waals surface area contributed by atoms with E-state index in [1.807, 2.05) is 6.07 Å². The van der Waals surface area contributed by atoms with Crippen molar-refractivity contribution in [1.82, 2.24) is 4.90 Å². The first-order valence-corrected chi connectivity index (χ1v) is 5.92. The molecule has 0 saturated heterocycles. The first kappa shape index (κ1) is 14.8. The zero-order valence-corrected chi connectivity index (χ0v) is 11.3. The maximum Gasteiger partial charge on any atom is 0.410 e. The topological polar surface area (TPSA) is 88.2 Å². The van der Waals surface area contributed by atoms with Gasteiger partial charge < -0.3 is 20.6 Å². The molecular formula is C13H19N3O3. The minimum Gasteiger partial charge on any atom is -0.447 e. The molecule has 0 atom stereocenters. The molecular weight excluding hydrogens is 246 g/mol. The van der Waals surface area contributed by atoms with Crippen LogP contribution in [-0.2, 0) is 11.3 Å². The van der Waals surface area contributed by atoms with Gasteiger partial charge >= 0.3 is 6.09 Å². The highest BCUT2D eigenvalue weighted by atomic mass is 16.6. The van der Waals surface area contributed by atoms with Gasteiger partial charge in [-0.1, -0.05) is 23.4 Å². The predicted octanol–water partition coefficient (Wildman–Crippen LogP) is 1.76. The Labute approximate surface area is 112 Å². The maximum atomic E-state index is 11.6. The maximum absolute atomic E-state index is 11.6. The molecule has 1 aromatic rings. The van der Waals surface area contributed by atoms with Crippen LogP contribution in [0.4, 0.5) is 4.79 Å². The van der Waals surface area contributed by atoms with Crippen molar-refractivity contribution in [3.05, 3.63) is 35.4 Å². The molecule has 0 aromatic heterocycles. The molecule has 0 aliphatic carbocycles. The molecule has 0 spiro atoms. The van der Waals surface area contributed by atoms with Crippen molar-refractivity contribution in [3.8, 4) is 0 Å². The van der Waals surface area contributed by atoms with Gasteiger partial charge in [-0.3, -0.25) is 0 Å². The van der Waals surface area contributed by atoms with Crippen molar-refractivity contribution in [1.29, 1.82) is 0 Å². The van der Waals surface area contributed by atoms with E-state index < -0.39 is 0 Å². The van der Waals surface area contributed by atoms with Gasteiger partial charge in [0.1, 0.15) is 0 Å². The van der Waals surface area contributed by atoms with Gasteiger partial charge in [-0.15, -0.1) is 0 Å². The van der Waals surface area contributed by atoms with Crippen LogP contribution in [0.2, 0.25) is 0 Å². The van der Waals surface area contributed by atoms with Crippen LogP contribution in [0.25, 0.3) is 0 Å². The van der Waals surface area contributed by atoms with Gasteiger partial charge in [-0.2, -0.15) is 0 Å². The summed E-state index contributed by atoms with van der Waals surface area (Å²) in [5.74, 6) is 0.0364. The number of oxime groups is 1. The molecule has 6 heteroatoms. The van der Waals surface area contributed by atoms with Gasteiger partial charge in [0, 0.05) is 19.2 Å². The Morgan fingerprint density at radius 2 is 2.21 bits per heavy atom. The zero-order chi connectivity index (χ0) is 14.4. The Morgan fingerprint density at radius 3 is 2.79 bits per heavy atom. The SMILES string of the molecule is CC(C)OC(=O)N(C)Cc1cccc(C(N)=NO)c1. The minimum absolute atomic E-state index is 0.0364. The standard InChI is InChI=1S/C13H19N3O3/c1-9(2)19-13(17)16(3)8-10-5-4-6-11(7-10)12(14)15-18/h4-7,9,18H,8H2,1-3H3,(H2,14,15). The lowest BCUT2D eigenvalue weighted by Crippen LogP contribution is -2.29. The zero-order valence-electron chi connectivity index (χ0n) is 11.3. The number of amides is 1. The van der Waals surface area contributed by atoms with Crippen molar-refractivity contribution in [2.45, 2.75) is 26.5 Å². The second-order valence-corrected chi connectivity index (χ2v) is 4.47. The molecule has 104 valence electrons. The Hall–Kier alpha value is -2.24. The van der Waals surface area contributed by atoms with Crippen LogP contribution in [-0.4, -0.2) is 35.2 Å². The number of benzene rings is 1. The van der Waals surface area contributed by atoms with E-state index in [0.29, 0.717) is 12.1 Å². The quantitative estimate of drug-likeness (QED) is 0.376. The second-order valence-electron chi connectivity index (χ2n) is 4.47. The molecule has 0 bridgehead atoms. The summed E-state index contributed by atoms with van der Waals surface area (Å²) in [6, 6.07) is 7.12. The molecule has 0 unspecified atom stereocenters. The van der Waals surface area contributed by atoms with Crippen LogP contribution in [0, 0.1) is 0 Å². The third-order valence-electron chi connectivity index (χ3n) is 2.40. The molecule has 6 nitrogen and oxygen atoms in total. The molecule has 0 radical (unpaired) electrons. The average molecular weight is 265 g/mol. The molecule has 0 heterocycles. The lowest BCUT2D eigenvalue weighted by molar-refractivity contribution is 0.0822. The number of hydrogen-bond acceptors (Lipinski definition) is 4. The summed E-state index contributed by atoms with van der Waals surface area (Å²) in [6.07, 6.45) is -0.539. The van der Waals surface area contributed by atoms with E-state index in [9.17, 15) is 4.79 Å². The first-order valence-electron chi connectivity index (χ1n) is 5.92. The predicted molar refractivity (Wildman–Crippen MR) is 72.0 cm³/mol. The number of hydrogen-bond donors (Lipinski definition) is 2. The van der Waals surface area contributed by atoms with Crippen LogP contribution in [0.3, 0.4) is 0 Å². The van der Waals surface area contributed by atoms with Crippen LogP contribution in [0.5, 0.6) is 0 Å². The number of carbonyl (C=O) groups excluding carboxylic acids is 1. The van der Waals surface area contributed by atoms with E-state index in [0.717, 1.165) is 5.56 Å². The summed E-state index contributed by atoms with van der Waals surface area (Å²) in [7, 11) is 1.65. The summed E-state index contributed by atoms with van der Waals surface area (Å²) < 4.78 is 5.08. The summed E-state index contributed by atoms with van der Waals surface area (Å²) in [5.41, 5.74) is 6.98. The fourth-order valence-corrected chi connectivity index (χ4v) is 1.52. The van der Waals surface area contributed by atoms with Gasteiger partial charge in [-0.25, -0.2) is 4.79 Å². The average Bonchev–Trinajstić information content (AvgIpc) is 2.37. The molecule has 3 N–H and O–H groups in total. The van der Waals surface area contributed by atoms with E-state index in [4.69, 9.17) is 15.7 Å². The summed E-state index contributed by atoms with van der Waals surface area (Å²) in [4.78, 5) is 13.1. The van der Waals surface area contributed by atoms with Gasteiger partial charge in [-0.05, 0) is 25.5 Å². The van der Waals surface area contributed by atoms with Crippen LogP contribution in [0.15, 0.2) is 29.4 Å². The van der Waals surface area contributed by atoms with Crippen molar-refractivity contribution in [3.63, 3.8) is 0 Å². The van der Waals surface area contributed by atoms with Crippen molar-refractivity contribution >= 4 is 11.9 Å². The molecule has 0 fully saturated rings. The first-order chi connectivity index (χ1) is 8.93. The summed E-state index contributed by atoms with van der Waals surface area (Å²) in [6.45, 7) is 3.98. The number of rotatable bonds is 4. The fraction of sp³-hybridized carbons (Fsp3) is 0.385. The number of nitrogens with zero attached hydrogens (tertiary/aromatic N) is 2. The van der Waals surface area contributed by atoms with Crippen LogP contribution >= 0.6 is 0 Å². The highest BCUT2D eigenvalue weighted by molar-refractivity contribution is 5.97. The third kappa shape index (κ3) is 4.50. The molecule has 1 rings (SSSR count). The van der Waals surface area contributed by atoms with Gasteiger partial charge in [0.2, 0.25) is 0 Å². The van der Waals surface area contributed by atoms with Crippen molar-refractivity contribution in [2.75, 3.05) is 7.05 Å². The largest absolute Gasteiger partial charge is 0.447 e. The lowest BCUT2D eigenvalue weighted by Gasteiger charge is -2.19. The fourth-order valence-electron chi connectivity index (χ4n) is 1.52. The lowest BCUT2D eigenvalue weighted by atomic mass is 10.1. The van der Waals surface area contributed by atoms with E-state index >= 15 is 0 Å². The molecule has 19 heavy (non-hydrogen) atoms. The second kappa shape index (κ2) is 6.63. The van der Waals surface area contributed by atoms with Gasteiger partial charge in [0.25, 0.3) is 0 Å². The molecule has 1 amide bonds. The Balaban J connectivity index is 2.74. The summed E-state index contributed by atoms with van der Waals surface area (Å²) >= 11 is 0.